The summed E-state index contributed by atoms with van der Waals surface area (Å²) in [5.74, 6) is 1.08. The van der Waals surface area contributed by atoms with Crippen molar-refractivity contribution in [2.45, 2.75) is 25.7 Å². The van der Waals surface area contributed by atoms with E-state index < -0.39 is 0 Å². The van der Waals surface area contributed by atoms with Crippen LogP contribution in [-0.4, -0.2) is 29.8 Å². The van der Waals surface area contributed by atoms with E-state index in [1.807, 2.05) is 49.1 Å². The van der Waals surface area contributed by atoms with E-state index in [1.54, 1.807) is 0 Å². The van der Waals surface area contributed by atoms with Crippen molar-refractivity contribution in [2.75, 3.05) is 19.0 Å². The Morgan fingerprint density at radius 1 is 1.33 bits per heavy atom. The standard InChI is InChI=1S/C15H20ClNO/c1-3-17(4-2)14(18)15(10-13(15)11-16)12-8-6-5-7-9-12/h5-9,13H,3-4,10-11H2,1-2H3/t13-,15?/m0/s1. The zero-order valence-electron chi connectivity index (χ0n) is 11.0. The fraction of sp³-hybridized carbons (Fsp3) is 0.533. The number of rotatable bonds is 5. The van der Waals surface area contributed by atoms with E-state index in [1.165, 1.54) is 0 Å². The maximum Gasteiger partial charge on any atom is 0.233 e. The molecule has 2 rings (SSSR count). The maximum absolute atomic E-state index is 12.7. The highest BCUT2D eigenvalue weighted by Gasteiger charge is 2.61. The predicted octanol–water partition coefficient (Wildman–Crippen LogP) is 3.05. The summed E-state index contributed by atoms with van der Waals surface area (Å²) in [5, 5.41) is 0. The van der Waals surface area contributed by atoms with Gasteiger partial charge in [0.25, 0.3) is 0 Å². The minimum Gasteiger partial charge on any atom is -0.342 e. The zero-order valence-corrected chi connectivity index (χ0v) is 11.8. The normalized spacial score (nSPS) is 25.8. The van der Waals surface area contributed by atoms with Gasteiger partial charge in [-0.05, 0) is 31.7 Å². The van der Waals surface area contributed by atoms with Gasteiger partial charge < -0.3 is 4.90 Å². The molecule has 1 aromatic rings. The Labute approximate surface area is 114 Å². The topological polar surface area (TPSA) is 20.3 Å². The van der Waals surface area contributed by atoms with E-state index in [4.69, 9.17) is 11.6 Å². The van der Waals surface area contributed by atoms with Crippen molar-refractivity contribution >= 4 is 17.5 Å². The van der Waals surface area contributed by atoms with E-state index in [-0.39, 0.29) is 17.2 Å². The molecule has 0 N–H and O–H groups in total. The predicted molar refractivity (Wildman–Crippen MR) is 74.9 cm³/mol. The van der Waals surface area contributed by atoms with E-state index in [0.717, 1.165) is 25.1 Å². The molecule has 3 heteroatoms. The van der Waals surface area contributed by atoms with Crippen molar-refractivity contribution in [1.82, 2.24) is 4.90 Å². The van der Waals surface area contributed by atoms with Crippen LogP contribution in [0.25, 0.3) is 0 Å². The van der Waals surface area contributed by atoms with Gasteiger partial charge in [0, 0.05) is 19.0 Å². The first-order chi connectivity index (χ1) is 8.70. The van der Waals surface area contributed by atoms with Gasteiger partial charge in [-0.3, -0.25) is 4.79 Å². The highest BCUT2D eigenvalue weighted by molar-refractivity contribution is 6.18. The Morgan fingerprint density at radius 2 is 1.94 bits per heavy atom. The number of nitrogens with zero attached hydrogens (tertiary/aromatic N) is 1. The minimum atomic E-state index is -0.352. The molecule has 0 radical (unpaired) electrons. The first-order valence-corrected chi connectivity index (χ1v) is 7.15. The number of carbonyl (C=O) groups excluding carboxylic acids is 1. The average Bonchev–Trinajstić information content (AvgIpc) is 3.17. The molecule has 98 valence electrons. The molecule has 0 heterocycles. The lowest BCUT2D eigenvalue weighted by Gasteiger charge is -2.26. The van der Waals surface area contributed by atoms with Crippen LogP contribution in [0.3, 0.4) is 0 Å². The van der Waals surface area contributed by atoms with Gasteiger partial charge in [-0.1, -0.05) is 30.3 Å². The highest BCUT2D eigenvalue weighted by atomic mass is 35.5. The number of hydrogen-bond donors (Lipinski definition) is 0. The minimum absolute atomic E-state index is 0.240. The molecule has 1 aliphatic carbocycles. The molecule has 0 spiro atoms. The van der Waals surface area contributed by atoms with Crippen LogP contribution >= 0.6 is 11.6 Å². The van der Waals surface area contributed by atoms with Crippen molar-refractivity contribution in [2.24, 2.45) is 5.92 Å². The third kappa shape index (κ3) is 2.03. The second-order valence-corrected chi connectivity index (χ2v) is 5.18. The molecule has 0 saturated heterocycles. The number of benzene rings is 1. The van der Waals surface area contributed by atoms with Crippen molar-refractivity contribution in [3.8, 4) is 0 Å². The molecule has 1 aliphatic rings. The largest absolute Gasteiger partial charge is 0.342 e. The van der Waals surface area contributed by atoms with Crippen LogP contribution in [-0.2, 0) is 10.2 Å². The second kappa shape index (κ2) is 5.31. The summed E-state index contributed by atoms with van der Waals surface area (Å²) in [6, 6.07) is 10.1. The number of amides is 1. The number of halogens is 1. The summed E-state index contributed by atoms with van der Waals surface area (Å²) in [5.41, 5.74) is 0.766. The first-order valence-electron chi connectivity index (χ1n) is 6.61. The number of alkyl halides is 1. The monoisotopic (exact) mass is 265 g/mol. The van der Waals surface area contributed by atoms with Crippen molar-refractivity contribution < 1.29 is 4.79 Å². The lowest BCUT2D eigenvalue weighted by Crippen LogP contribution is -2.40. The third-order valence-electron chi connectivity index (χ3n) is 4.01. The Hall–Kier alpha value is -1.02. The van der Waals surface area contributed by atoms with Crippen LogP contribution in [0.5, 0.6) is 0 Å². The van der Waals surface area contributed by atoms with Gasteiger partial charge in [-0.2, -0.15) is 0 Å². The Morgan fingerprint density at radius 3 is 2.39 bits per heavy atom. The van der Waals surface area contributed by atoms with Crippen molar-refractivity contribution in [3.63, 3.8) is 0 Å². The molecule has 0 aliphatic heterocycles. The molecule has 0 aromatic heterocycles. The molecule has 1 fully saturated rings. The van der Waals surface area contributed by atoms with Gasteiger partial charge in [0.1, 0.15) is 0 Å². The molecule has 18 heavy (non-hydrogen) atoms. The molecule has 1 amide bonds. The molecule has 1 saturated carbocycles. The Kier molecular flexibility index (Phi) is 3.96. The van der Waals surface area contributed by atoms with Crippen LogP contribution in [0.1, 0.15) is 25.8 Å². The maximum atomic E-state index is 12.7. The Bertz CT molecular complexity index is 416. The van der Waals surface area contributed by atoms with E-state index >= 15 is 0 Å². The van der Waals surface area contributed by atoms with Crippen LogP contribution in [0.4, 0.5) is 0 Å². The van der Waals surface area contributed by atoms with Crippen LogP contribution in [0, 0.1) is 5.92 Å². The van der Waals surface area contributed by atoms with Crippen molar-refractivity contribution in [1.29, 1.82) is 0 Å². The molecule has 2 nitrogen and oxygen atoms in total. The fourth-order valence-corrected chi connectivity index (χ4v) is 3.16. The van der Waals surface area contributed by atoms with Gasteiger partial charge in [0.05, 0.1) is 5.41 Å². The molecular weight excluding hydrogens is 246 g/mol. The second-order valence-electron chi connectivity index (χ2n) is 4.87. The lowest BCUT2D eigenvalue weighted by atomic mass is 9.92. The smallest absolute Gasteiger partial charge is 0.233 e. The Balaban J connectivity index is 2.32. The van der Waals surface area contributed by atoms with Gasteiger partial charge in [-0.25, -0.2) is 0 Å². The van der Waals surface area contributed by atoms with Gasteiger partial charge in [0.15, 0.2) is 0 Å². The number of hydrogen-bond acceptors (Lipinski definition) is 1. The molecular formula is C15H20ClNO. The van der Waals surface area contributed by atoms with E-state index in [2.05, 4.69) is 0 Å². The quantitative estimate of drug-likeness (QED) is 0.750. The molecule has 1 aromatic carbocycles. The SMILES string of the molecule is CCN(CC)C(=O)C1(c2ccccc2)C[C@H]1CCl. The third-order valence-corrected chi connectivity index (χ3v) is 4.39. The van der Waals surface area contributed by atoms with Gasteiger partial charge >= 0.3 is 0 Å². The number of likely N-dealkylation sites (N-methyl/N-ethyl adjacent to an activating group) is 1. The summed E-state index contributed by atoms with van der Waals surface area (Å²) in [6.45, 7) is 5.58. The molecule has 0 bridgehead atoms. The van der Waals surface area contributed by atoms with Crippen molar-refractivity contribution in [3.05, 3.63) is 35.9 Å². The molecule has 2 atom stereocenters. The summed E-state index contributed by atoms with van der Waals surface area (Å²) >= 11 is 6.00. The van der Waals surface area contributed by atoms with Crippen LogP contribution in [0.2, 0.25) is 0 Å². The van der Waals surface area contributed by atoms with Gasteiger partial charge in [-0.15, -0.1) is 11.6 Å². The van der Waals surface area contributed by atoms with Gasteiger partial charge in [0.2, 0.25) is 5.91 Å². The zero-order chi connectivity index (χ0) is 13.2. The van der Waals surface area contributed by atoms with E-state index in [9.17, 15) is 4.79 Å². The van der Waals surface area contributed by atoms with Crippen LogP contribution < -0.4 is 0 Å². The van der Waals surface area contributed by atoms with Crippen LogP contribution in [0.15, 0.2) is 30.3 Å². The average molecular weight is 266 g/mol. The summed E-state index contributed by atoms with van der Waals surface area (Å²) < 4.78 is 0. The first kappa shape index (κ1) is 13.4. The number of carbonyl (C=O) groups is 1. The lowest BCUT2D eigenvalue weighted by molar-refractivity contribution is -0.133. The summed E-state index contributed by atoms with van der Waals surface area (Å²) in [4.78, 5) is 14.6. The highest BCUT2D eigenvalue weighted by Crippen LogP contribution is 2.55. The summed E-state index contributed by atoms with van der Waals surface area (Å²) in [6.07, 6.45) is 0.885. The summed E-state index contributed by atoms with van der Waals surface area (Å²) in [7, 11) is 0. The fourth-order valence-electron chi connectivity index (χ4n) is 2.78. The molecule has 1 unspecified atom stereocenters. The van der Waals surface area contributed by atoms with E-state index in [0.29, 0.717) is 5.88 Å².